The second kappa shape index (κ2) is 5.96. The lowest BCUT2D eigenvalue weighted by Crippen LogP contribution is -2.27. The van der Waals surface area contributed by atoms with Gasteiger partial charge in [0.2, 0.25) is 0 Å². The Morgan fingerprint density at radius 3 is 2.09 bits per heavy atom. The summed E-state index contributed by atoms with van der Waals surface area (Å²) in [7, 11) is 0. The molecule has 0 saturated heterocycles. The van der Waals surface area contributed by atoms with Crippen molar-refractivity contribution >= 4 is 33.0 Å². The van der Waals surface area contributed by atoms with Crippen LogP contribution in [0.3, 0.4) is 0 Å². The topological polar surface area (TPSA) is 15.3 Å². The van der Waals surface area contributed by atoms with Gasteiger partial charge >= 0.3 is 0 Å². The van der Waals surface area contributed by atoms with Crippen LogP contribution in [0.2, 0.25) is 0 Å². The Morgan fingerprint density at radius 2 is 1.50 bits per heavy atom. The lowest BCUT2D eigenvalue weighted by atomic mass is 9.92. The first-order chi connectivity index (χ1) is 10.5. The summed E-state index contributed by atoms with van der Waals surface area (Å²) in [4.78, 5) is 2.39. The number of nitrogens with zero attached hydrogens (tertiary/aromatic N) is 1. The predicted octanol–water partition coefficient (Wildman–Crippen LogP) is 6.18. The van der Waals surface area contributed by atoms with Crippen LogP contribution in [0.5, 0.6) is 0 Å². The number of para-hydroxylation sites is 3. The van der Waals surface area contributed by atoms with E-state index in [-0.39, 0.29) is 5.08 Å². The standard InChI is InChI=1S/C19H23BrN2/c1-12(2)14-8-7-9-15(13(3)4)18(14)22-17-11-6-5-10-16(17)21-19(22)20/h5-13,19,21H,1-4H3. The molecule has 1 heterocycles. The highest BCUT2D eigenvalue weighted by molar-refractivity contribution is 9.09. The number of anilines is 3. The van der Waals surface area contributed by atoms with E-state index in [2.05, 4.69) is 96.3 Å². The summed E-state index contributed by atoms with van der Waals surface area (Å²) in [6.45, 7) is 9.06. The van der Waals surface area contributed by atoms with E-state index in [4.69, 9.17) is 0 Å². The highest BCUT2D eigenvalue weighted by Crippen LogP contribution is 2.46. The first-order valence-corrected chi connectivity index (χ1v) is 8.84. The zero-order valence-corrected chi connectivity index (χ0v) is 15.2. The average Bonchev–Trinajstić information content (AvgIpc) is 2.81. The second-order valence-corrected chi connectivity index (χ2v) is 7.33. The van der Waals surface area contributed by atoms with Crippen molar-refractivity contribution in [3.63, 3.8) is 0 Å². The van der Waals surface area contributed by atoms with Gasteiger partial charge in [-0.3, -0.25) is 0 Å². The zero-order chi connectivity index (χ0) is 15.9. The van der Waals surface area contributed by atoms with Crippen molar-refractivity contribution in [3.05, 3.63) is 53.6 Å². The second-order valence-electron chi connectivity index (χ2n) is 6.46. The minimum absolute atomic E-state index is 0.0855. The quantitative estimate of drug-likeness (QED) is 0.520. The van der Waals surface area contributed by atoms with E-state index in [1.165, 1.54) is 28.2 Å². The highest BCUT2D eigenvalue weighted by atomic mass is 79.9. The van der Waals surface area contributed by atoms with Crippen LogP contribution >= 0.6 is 15.9 Å². The smallest absolute Gasteiger partial charge is 0.161 e. The first-order valence-electron chi connectivity index (χ1n) is 7.92. The summed E-state index contributed by atoms with van der Waals surface area (Å²) < 4.78 is 0. The van der Waals surface area contributed by atoms with Gasteiger partial charge in [-0.1, -0.05) is 58.0 Å². The van der Waals surface area contributed by atoms with Crippen molar-refractivity contribution < 1.29 is 0 Å². The fraction of sp³-hybridized carbons (Fsp3) is 0.368. The molecule has 0 bridgehead atoms. The van der Waals surface area contributed by atoms with Gasteiger partial charge in [0, 0.05) is 0 Å². The Balaban J connectivity index is 2.23. The molecule has 1 N–H and O–H groups in total. The number of nitrogens with one attached hydrogen (secondary N) is 1. The Hall–Kier alpha value is -1.48. The van der Waals surface area contributed by atoms with E-state index in [1.54, 1.807) is 0 Å². The molecule has 0 aliphatic carbocycles. The maximum atomic E-state index is 3.80. The molecule has 2 aromatic rings. The molecule has 1 unspecified atom stereocenters. The minimum Gasteiger partial charge on any atom is -0.354 e. The molecular formula is C19H23BrN2. The maximum absolute atomic E-state index is 3.80. The normalized spacial score (nSPS) is 17.0. The molecule has 0 amide bonds. The van der Waals surface area contributed by atoms with Gasteiger partial charge in [-0.05, 0) is 51.0 Å². The lowest BCUT2D eigenvalue weighted by Gasteiger charge is -2.30. The molecular weight excluding hydrogens is 336 g/mol. The number of fused-ring (bicyclic) bond motifs is 1. The third-order valence-corrected chi connectivity index (χ3v) is 4.89. The summed E-state index contributed by atoms with van der Waals surface area (Å²) >= 11 is 3.80. The molecule has 0 radical (unpaired) electrons. The van der Waals surface area contributed by atoms with Gasteiger partial charge in [0.15, 0.2) is 5.08 Å². The summed E-state index contributed by atoms with van der Waals surface area (Å²) in [5.74, 6) is 0.974. The molecule has 2 nitrogen and oxygen atoms in total. The molecule has 0 fully saturated rings. The SMILES string of the molecule is CC(C)c1cccc(C(C)C)c1N1c2ccccc2NC1Br. The summed E-state index contributed by atoms with van der Waals surface area (Å²) in [5.41, 5.74) is 6.55. The Bertz CT molecular complexity index is 653. The van der Waals surface area contributed by atoms with Crippen LogP contribution in [0.15, 0.2) is 42.5 Å². The van der Waals surface area contributed by atoms with Crippen LogP contribution in [0.25, 0.3) is 0 Å². The molecule has 0 spiro atoms. The first kappa shape index (κ1) is 15.4. The molecule has 0 aromatic heterocycles. The summed E-state index contributed by atoms with van der Waals surface area (Å²) in [6.07, 6.45) is 0. The molecule has 2 aromatic carbocycles. The van der Waals surface area contributed by atoms with Gasteiger partial charge in [-0.2, -0.15) is 0 Å². The van der Waals surface area contributed by atoms with Gasteiger partial charge in [-0.25, -0.2) is 0 Å². The number of rotatable bonds is 3. The molecule has 0 saturated carbocycles. The van der Waals surface area contributed by atoms with Gasteiger partial charge in [0.05, 0.1) is 17.1 Å². The molecule has 22 heavy (non-hydrogen) atoms. The molecule has 116 valence electrons. The van der Waals surface area contributed by atoms with Crippen LogP contribution in [0.4, 0.5) is 17.1 Å². The van der Waals surface area contributed by atoms with Crippen LogP contribution in [-0.2, 0) is 0 Å². The van der Waals surface area contributed by atoms with Crippen LogP contribution in [0, 0.1) is 0 Å². The molecule has 1 atom stereocenters. The van der Waals surface area contributed by atoms with Gasteiger partial charge in [0.25, 0.3) is 0 Å². The fourth-order valence-electron chi connectivity index (χ4n) is 3.14. The van der Waals surface area contributed by atoms with E-state index in [0.717, 1.165) is 0 Å². The van der Waals surface area contributed by atoms with Crippen LogP contribution in [0.1, 0.15) is 50.7 Å². The fourth-order valence-corrected chi connectivity index (χ4v) is 3.82. The summed E-state index contributed by atoms with van der Waals surface area (Å²) in [5, 5.41) is 3.61. The third kappa shape index (κ3) is 2.52. The molecule has 3 heteroatoms. The average molecular weight is 359 g/mol. The number of halogens is 1. The Kier molecular flexibility index (Phi) is 4.18. The van der Waals surface area contributed by atoms with E-state index < -0.39 is 0 Å². The number of hydrogen-bond donors (Lipinski definition) is 1. The van der Waals surface area contributed by atoms with Crippen molar-refractivity contribution in [1.29, 1.82) is 0 Å². The van der Waals surface area contributed by atoms with Crippen molar-refractivity contribution in [2.45, 2.75) is 44.6 Å². The van der Waals surface area contributed by atoms with Crippen molar-refractivity contribution in [2.24, 2.45) is 0 Å². The monoisotopic (exact) mass is 358 g/mol. The van der Waals surface area contributed by atoms with Crippen LogP contribution < -0.4 is 10.2 Å². The Labute approximate surface area is 141 Å². The van der Waals surface area contributed by atoms with Crippen molar-refractivity contribution in [3.8, 4) is 0 Å². The van der Waals surface area contributed by atoms with E-state index >= 15 is 0 Å². The zero-order valence-electron chi connectivity index (χ0n) is 13.6. The number of alkyl halides is 1. The predicted molar refractivity (Wildman–Crippen MR) is 99.5 cm³/mol. The Morgan fingerprint density at radius 1 is 0.909 bits per heavy atom. The van der Waals surface area contributed by atoms with Crippen LogP contribution in [-0.4, -0.2) is 5.08 Å². The lowest BCUT2D eigenvalue weighted by molar-refractivity contribution is 0.820. The van der Waals surface area contributed by atoms with Gasteiger partial charge < -0.3 is 10.2 Å². The van der Waals surface area contributed by atoms with E-state index in [1.807, 2.05) is 0 Å². The van der Waals surface area contributed by atoms with Crippen molar-refractivity contribution in [1.82, 2.24) is 0 Å². The van der Waals surface area contributed by atoms with Gasteiger partial charge in [-0.15, -0.1) is 0 Å². The van der Waals surface area contributed by atoms with Crippen molar-refractivity contribution in [2.75, 3.05) is 10.2 Å². The van der Waals surface area contributed by atoms with E-state index in [9.17, 15) is 0 Å². The number of hydrogen-bond acceptors (Lipinski definition) is 2. The molecule has 1 aliphatic rings. The third-order valence-electron chi connectivity index (χ3n) is 4.25. The highest BCUT2D eigenvalue weighted by Gasteiger charge is 2.31. The summed E-state index contributed by atoms with van der Waals surface area (Å²) in [6, 6.07) is 15.2. The molecule has 1 aliphatic heterocycles. The molecule has 3 rings (SSSR count). The van der Waals surface area contributed by atoms with E-state index in [0.29, 0.717) is 11.8 Å². The maximum Gasteiger partial charge on any atom is 0.161 e. The largest absolute Gasteiger partial charge is 0.354 e. The number of benzene rings is 2. The van der Waals surface area contributed by atoms with Gasteiger partial charge in [0.1, 0.15) is 0 Å². The minimum atomic E-state index is 0.0855.